The largest absolute Gasteiger partial charge is 0.497 e. The van der Waals surface area contributed by atoms with E-state index >= 15 is 0 Å². The molecule has 0 bridgehead atoms. The van der Waals surface area contributed by atoms with E-state index in [1.54, 1.807) is 30.6 Å². The number of nitrogens with zero attached hydrogens (tertiary/aromatic N) is 4. The molecular formula is C18H17N5O2. The van der Waals surface area contributed by atoms with Crippen LogP contribution >= 0.6 is 0 Å². The van der Waals surface area contributed by atoms with Gasteiger partial charge >= 0.3 is 0 Å². The Morgan fingerprint density at radius 1 is 1.00 bits per heavy atom. The first-order chi connectivity index (χ1) is 12.3. The summed E-state index contributed by atoms with van der Waals surface area (Å²) < 4.78 is 10.7. The monoisotopic (exact) mass is 335 g/mol. The molecule has 0 atom stereocenters. The number of methoxy groups -OCH3 is 2. The van der Waals surface area contributed by atoms with Gasteiger partial charge in [0.15, 0.2) is 11.7 Å². The van der Waals surface area contributed by atoms with Gasteiger partial charge in [0.25, 0.3) is 0 Å². The molecule has 0 unspecified atom stereocenters. The summed E-state index contributed by atoms with van der Waals surface area (Å²) >= 11 is 0. The van der Waals surface area contributed by atoms with Crippen molar-refractivity contribution in [2.45, 2.75) is 0 Å². The normalized spacial score (nSPS) is 15.3. The van der Waals surface area contributed by atoms with Crippen LogP contribution in [0.5, 0.6) is 11.5 Å². The number of hydrazine groups is 1. The molecule has 2 heterocycles. The number of rotatable bonds is 4. The first-order valence-electron chi connectivity index (χ1n) is 7.75. The van der Waals surface area contributed by atoms with Gasteiger partial charge in [-0.15, -0.1) is 0 Å². The summed E-state index contributed by atoms with van der Waals surface area (Å²) in [6.07, 6.45) is 3.51. The maximum atomic E-state index is 5.43. The van der Waals surface area contributed by atoms with Gasteiger partial charge in [0.1, 0.15) is 23.5 Å². The Morgan fingerprint density at radius 2 is 1.84 bits per heavy atom. The van der Waals surface area contributed by atoms with Crippen LogP contribution in [-0.4, -0.2) is 31.4 Å². The highest BCUT2D eigenvalue weighted by molar-refractivity contribution is 6.01. The summed E-state index contributed by atoms with van der Waals surface area (Å²) in [4.78, 5) is 4.64. The van der Waals surface area contributed by atoms with Crippen molar-refractivity contribution in [1.29, 1.82) is 0 Å². The summed E-state index contributed by atoms with van der Waals surface area (Å²) in [5.74, 6) is 2.93. The number of hydrogen-bond acceptors (Lipinski definition) is 7. The van der Waals surface area contributed by atoms with Gasteiger partial charge in [-0.3, -0.25) is 5.43 Å². The van der Waals surface area contributed by atoms with Crippen molar-refractivity contribution in [3.63, 3.8) is 0 Å². The quantitative estimate of drug-likeness (QED) is 0.930. The zero-order chi connectivity index (χ0) is 17.2. The van der Waals surface area contributed by atoms with Crippen molar-refractivity contribution >= 4 is 17.9 Å². The molecule has 126 valence electrons. The predicted octanol–water partition coefficient (Wildman–Crippen LogP) is 2.53. The third kappa shape index (κ3) is 2.76. The van der Waals surface area contributed by atoms with E-state index in [4.69, 9.17) is 9.47 Å². The van der Waals surface area contributed by atoms with E-state index in [0.717, 1.165) is 28.7 Å². The standard InChI is InChI=1S/C18H17N5O2/c1-24-14-8-9-16(25-2)15(10-14)22-11-17-20-18(21-23(17)12-19-22)13-6-4-3-5-7-13/h3-12H,1-2H3,(H,20,21). The molecule has 0 fully saturated rings. The third-order valence-electron chi connectivity index (χ3n) is 3.91. The molecule has 0 spiro atoms. The van der Waals surface area contributed by atoms with E-state index in [9.17, 15) is 0 Å². The lowest BCUT2D eigenvalue weighted by molar-refractivity contribution is 0.403. The van der Waals surface area contributed by atoms with Crippen molar-refractivity contribution in [2.24, 2.45) is 10.1 Å². The number of aliphatic imine (C=N–C) groups is 1. The second-order valence-electron chi connectivity index (χ2n) is 5.41. The van der Waals surface area contributed by atoms with Crippen molar-refractivity contribution in [2.75, 3.05) is 19.2 Å². The van der Waals surface area contributed by atoms with Crippen molar-refractivity contribution in [3.05, 3.63) is 66.1 Å². The fourth-order valence-electron chi connectivity index (χ4n) is 2.63. The van der Waals surface area contributed by atoms with Gasteiger partial charge in [-0.05, 0) is 12.1 Å². The Morgan fingerprint density at radius 3 is 2.60 bits per heavy atom. The molecule has 2 aromatic carbocycles. The van der Waals surface area contributed by atoms with Crippen LogP contribution in [0.2, 0.25) is 0 Å². The topological polar surface area (TPSA) is 61.7 Å². The lowest BCUT2D eigenvalue weighted by Crippen LogP contribution is -2.37. The maximum absolute atomic E-state index is 5.43. The lowest BCUT2D eigenvalue weighted by atomic mass is 10.2. The minimum Gasteiger partial charge on any atom is -0.497 e. The number of ether oxygens (including phenoxy) is 2. The highest BCUT2D eigenvalue weighted by Crippen LogP contribution is 2.34. The van der Waals surface area contributed by atoms with Crippen LogP contribution in [0, 0.1) is 0 Å². The molecule has 2 aromatic rings. The number of amidine groups is 1. The lowest BCUT2D eigenvalue weighted by Gasteiger charge is -2.24. The number of fused-ring (bicyclic) bond motifs is 1. The van der Waals surface area contributed by atoms with Gasteiger partial charge in [-0.2, -0.15) is 5.10 Å². The molecule has 0 aliphatic carbocycles. The number of hydrogen-bond donors (Lipinski definition) is 1. The van der Waals surface area contributed by atoms with Crippen LogP contribution < -0.4 is 19.9 Å². The van der Waals surface area contributed by atoms with Crippen LogP contribution in [-0.2, 0) is 0 Å². The van der Waals surface area contributed by atoms with E-state index < -0.39 is 0 Å². The molecule has 0 amide bonds. The Hall–Kier alpha value is -3.48. The molecule has 0 radical (unpaired) electrons. The zero-order valence-electron chi connectivity index (χ0n) is 13.9. The minimum atomic E-state index is 0.696. The molecule has 4 rings (SSSR count). The van der Waals surface area contributed by atoms with Crippen molar-refractivity contribution in [3.8, 4) is 11.5 Å². The SMILES string of the molecule is COc1ccc(OC)c(N2C=C3N=C(c4ccccc4)NN3C=N2)c1. The molecule has 2 aliphatic rings. The number of hydrazone groups is 1. The van der Waals surface area contributed by atoms with Gasteiger partial charge < -0.3 is 9.47 Å². The molecule has 1 N–H and O–H groups in total. The van der Waals surface area contributed by atoms with E-state index in [1.165, 1.54) is 0 Å². The van der Waals surface area contributed by atoms with Crippen molar-refractivity contribution in [1.82, 2.24) is 10.4 Å². The van der Waals surface area contributed by atoms with E-state index in [-0.39, 0.29) is 0 Å². The Bertz CT molecular complexity index is 876. The fraction of sp³-hybridized carbons (Fsp3) is 0.111. The van der Waals surface area contributed by atoms with Crippen LogP contribution in [0.3, 0.4) is 0 Å². The highest BCUT2D eigenvalue weighted by Gasteiger charge is 2.24. The molecule has 25 heavy (non-hydrogen) atoms. The minimum absolute atomic E-state index is 0.696. The second kappa shape index (κ2) is 6.20. The van der Waals surface area contributed by atoms with Gasteiger partial charge in [0.2, 0.25) is 0 Å². The first-order valence-corrected chi connectivity index (χ1v) is 7.75. The predicted molar refractivity (Wildman–Crippen MR) is 96.6 cm³/mol. The van der Waals surface area contributed by atoms with E-state index in [0.29, 0.717) is 5.75 Å². The summed E-state index contributed by atoms with van der Waals surface area (Å²) in [5.41, 5.74) is 5.00. The van der Waals surface area contributed by atoms with Gasteiger partial charge in [0, 0.05) is 11.6 Å². The van der Waals surface area contributed by atoms with Crippen LogP contribution in [0.15, 0.2) is 70.6 Å². The fourth-order valence-corrected chi connectivity index (χ4v) is 2.63. The van der Waals surface area contributed by atoms with Gasteiger partial charge in [-0.25, -0.2) is 15.0 Å². The molecule has 7 nitrogen and oxygen atoms in total. The average molecular weight is 335 g/mol. The van der Waals surface area contributed by atoms with Crippen LogP contribution in [0.25, 0.3) is 0 Å². The highest BCUT2D eigenvalue weighted by atomic mass is 16.5. The Labute approximate surface area is 145 Å². The molecule has 2 aliphatic heterocycles. The smallest absolute Gasteiger partial charge is 0.173 e. The number of nitrogens with one attached hydrogen (secondary N) is 1. The summed E-state index contributed by atoms with van der Waals surface area (Å²) in [5, 5.41) is 7.92. The average Bonchev–Trinajstić information content (AvgIpc) is 3.11. The molecular weight excluding hydrogens is 318 g/mol. The summed E-state index contributed by atoms with van der Waals surface area (Å²) in [6, 6.07) is 15.5. The number of anilines is 1. The van der Waals surface area contributed by atoms with Crippen LogP contribution in [0.4, 0.5) is 5.69 Å². The zero-order valence-corrected chi connectivity index (χ0v) is 13.9. The van der Waals surface area contributed by atoms with Crippen LogP contribution in [0.1, 0.15) is 5.56 Å². The van der Waals surface area contributed by atoms with E-state index in [1.807, 2.05) is 54.7 Å². The maximum Gasteiger partial charge on any atom is 0.173 e. The Kier molecular flexibility index (Phi) is 3.74. The second-order valence-corrected chi connectivity index (χ2v) is 5.41. The molecule has 0 saturated heterocycles. The molecule has 0 aromatic heterocycles. The molecule has 7 heteroatoms. The number of benzene rings is 2. The van der Waals surface area contributed by atoms with Gasteiger partial charge in [0.05, 0.1) is 20.4 Å². The van der Waals surface area contributed by atoms with E-state index in [2.05, 4.69) is 15.5 Å². The van der Waals surface area contributed by atoms with Crippen molar-refractivity contribution < 1.29 is 9.47 Å². The summed E-state index contributed by atoms with van der Waals surface area (Å²) in [7, 11) is 3.25. The van der Waals surface area contributed by atoms with Gasteiger partial charge in [-0.1, -0.05) is 30.3 Å². The first kappa shape index (κ1) is 15.1. The summed E-state index contributed by atoms with van der Waals surface area (Å²) in [6.45, 7) is 0. The third-order valence-corrected chi connectivity index (χ3v) is 3.91. The molecule has 0 saturated carbocycles. The Balaban J connectivity index is 1.68.